The van der Waals surface area contributed by atoms with Crippen molar-refractivity contribution in [1.82, 2.24) is 0 Å². The largest absolute Gasteiger partial charge is 0.493 e. The topological polar surface area (TPSA) is 79.3 Å². The zero-order chi connectivity index (χ0) is 13.3. The number of aliphatic hydroxyl groups is 1. The summed E-state index contributed by atoms with van der Waals surface area (Å²) < 4.78 is 5.52. The lowest BCUT2D eigenvalue weighted by molar-refractivity contribution is 0.271. The molecule has 0 saturated heterocycles. The first-order valence-electron chi connectivity index (χ1n) is 5.07. The van der Waals surface area contributed by atoms with Gasteiger partial charge in [0.25, 0.3) is 6.26 Å². The summed E-state index contributed by atoms with van der Waals surface area (Å²) in [5.74, 6) is 1.39. The fourth-order valence-electron chi connectivity index (χ4n) is 0.978. The molecule has 5 heteroatoms. The second kappa shape index (κ2) is 8.36. The van der Waals surface area contributed by atoms with Gasteiger partial charge in [-0.25, -0.2) is 0 Å². The molecule has 0 bridgehead atoms. The molecule has 0 atom stereocenters. The molecule has 0 unspecified atom stereocenters. The molecule has 0 fully saturated rings. The van der Waals surface area contributed by atoms with Gasteiger partial charge in [0.05, 0.1) is 6.61 Å². The summed E-state index contributed by atoms with van der Waals surface area (Å²) >= 11 is 4.85. The number of aliphatic hydroxyl groups excluding tert-OH is 1. The van der Waals surface area contributed by atoms with Crippen LogP contribution in [-0.4, -0.2) is 16.7 Å². The highest BCUT2D eigenvalue weighted by atomic mass is 32.1. The Hall–Kier alpha value is -1.80. The van der Waals surface area contributed by atoms with Crippen LogP contribution in [0.25, 0.3) is 0 Å². The second-order valence-electron chi connectivity index (χ2n) is 3.69. The molecule has 17 heavy (non-hydrogen) atoms. The molecule has 0 saturated carbocycles. The number of rotatable bonds is 4. The lowest BCUT2D eigenvalue weighted by Crippen LogP contribution is -2.09. The van der Waals surface area contributed by atoms with E-state index in [2.05, 4.69) is 13.8 Å². The maximum absolute atomic E-state index is 6.88. The van der Waals surface area contributed by atoms with E-state index in [1.54, 1.807) is 0 Å². The highest BCUT2D eigenvalue weighted by Gasteiger charge is 1.98. The molecule has 1 aromatic rings. The predicted octanol–water partition coefficient (Wildman–Crippen LogP) is 2.20. The molecule has 0 aliphatic rings. The summed E-state index contributed by atoms with van der Waals surface area (Å²) in [6.07, 6.45) is 0.750. The van der Waals surface area contributed by atoms with Gasteiger partial charge in [0.2, 0.25) is 0 Å². The molecule has 0 spiro atoms. The predicted molar refractivity (Wildman–Crippen MR) is 70.2 cm³/mol. The fraction of sp³-hybridized carbons (Fsp3) is 0.333. The standard InChI is InChI=1S/C11H15NOS.CHNO/c1-8(2)7-13-10-5-3-9(4-6-10)11(12)14;2-1-3/h3-6,8H,7H2,1-2H3,(H2,12,14);3H. The second-order valence-corrected chi connectivity index (χ2v) is 4.13. The highest BCUT2D eigenvalue weighted by Crippen LogP contribution is 2.12. The molecule has 0 aliphatic heterocycles. The van der Waals surface area contributed by atoms with Gasteiger partial charge in [-0.2, -0.15) is 5.26 Å². The first-order valence-corrected chi connectivity index (χ1v) is 5.48. The molecule has 3 N–H and O–H groups in total. The van der Waals surface area contributed by atoms with Gasteiger partial charge in [-0.15, -0.1) is 0 Å². The van der Waals surface area contributed by atoms with Gasteiger partial charge in [0.15, 0.2) is 0 Å². The van der Waals surface area contributed by atoms with Crippen LogP contribution in [0.1, 0.15) is 19.4 Å². The van der Waals surface area contributed by atoms with Crippen LogP contribution in [0.4, 0.5) is 0 Å². The number of hydrogen-bond donors (Lipinski definition) is 2. The summed E-state index contributed by atoms with van der Waals surface area (Å²) in [5.41, 5.74) is 6.35. The Morgan fingerprint density at radius 3 is 2.29 bits per heavy atom. The van der Waals surface area contributed by atoms with Crippen LogP contribution in [0.3, 0.4) is 0 Å². The number of thiocarbonyl (C=S) groups is 1. The summed E-state index contributed by atoms with van der Waals surface area (Å²) in [4.78, 5) is 0.417. The van der Waals surface area contributed by atoms with Gasteiger partial charge in [-0.05, 0) is 30.2 Å². The Kier molecular flexibility index (Phi) is 7.48. The van der Waals surface area contributed by atoms with E-state index < -0.39 is 0 Å². The normalized spacial score (nSPS) is 8.82. The molecule has 0 aromatic heterocycles. The lowest BCUT2D eigenvalue weighted by Gasteiger charge is -2.08. The molecular weight excluding hydrogens is 236 g/mol. The van der Waals surface area contributed by atoms with Crippen molar-refractivity contribution in [3.05, 3.63) is 29.8 Å². The van der Waals surface area contributed by atoms with E-state index in [1.807, 2.05) is 24.3 Å². The molecule has 0 aliphatic carbocycles. The fourth-order valence-corrected chi connectivity index (χ4v) is 1.11. The zero-order valence-corrected chi connectivity index (χ0v) is 10.7. The van der Waals surface area contributed by atoms with E-state index in [0.29, 0.717) is 10.9 Å². The maximum atomic E-state index is 6.88. The third-order valence-corrected chi connectivity index (χ3v) is 1.96. The van der Waals surface area contributed by atoms with Crippen molar-refractivity contribution in [3.8, 4) is 12.0 Å². The minimum Gasteiger partial charge on any atom is -0.493 e. The summed E-state index contributed by atoms with van der Waals surface area (Å²) in [6, 6.07) is 7.52. The van der Waals surface area contributed by atoms with Crippen LogP contribution in [0, 0.1) is 17.4 Å². The van der Waals surface area contributed by atoms with Gasteiger partial charge in [-0.3, -0.25) is 0 Å². The first kappa shape index (κ1) is 15.2. The highest BCUT2D eigenvalue weighted by molar-refractivity contribution is 7.80. The summed E-state index contributed by atoms with van der Waals surface area (Å²) in [5, 5.41) is 13.8. The molecule has 0 heterocycles. The van der Waals surface area contributed by atoms with Crippen molar-refractivity contribution in [3.63, 3.8) is 0 Å². The molecule has 4 nitrogen and oxygen atoms in total. The van der Waals surface area contributed by atoms with E-state index >= 15 is 0 Å². The van der Waals surface area contributed by atoms with Crippen LogP contribution < -0.4 is 10.5 Å². The molecular formula is C12H16N2O2S. The van der Waals surface area contributed by atoms with E-state index in [4.69, 9.17) is 33.1 Å². The van der Waals surface area contributed by atoms with E-state index in [9.17, 15) is 0 Å². The quantitative estimate of drug-likeness (QED) is 0.634. The van der Waals surface area contributed by atoms with Gasteiger partial charge in [-0.1, -0.05) is 26.1 Å². The first-order chi connectivity index (χ1) is 8.01. The van der Waals surface area contributed by atoms with Crippen LogP contribution >= 0.6 is 12.2 Å². The Morgan fingerprint density at radius 1 is 1.47 bits per heavy atom. The van der Waals surface area contributed by atoms with Crippen LogP contribution in [0.2, 0.25) is 0 Å². The van der Waals surface area contributed by atoms with E-state index in [-0.39, 0.29) is 0 Å². The minimum atomic E-state index is 0.417. The number of nitrogens with zero attached hydrogens (tertiary/aromatic N) is 1. The minimum absolute atomic E-state index is 0.417. The van der Waals surface area contributed by atoms with Crippen molar-refractivity contribution < 1.29 is 9.84 Å². The van der Waals surface area contributed by atoms with Crippen molar-refractivity contribution in [1.29, 1.82) is 5.26 Å². The smallest absolute Gasteiger partial charge is 0.283 e. The third kappa shape index (κ3) is 7.14. The average molecular weight is 252 g/mol. The monoisotopic (exact) mass is 252 g/mol. The lowest BCUT2D eigenvalue weighted by atomic mass is 10.2. The van der Waals surface area contributed by atoms with Crippen LogP contribution in [0.5, 0.6) is 5.75 Å². The zero-order valence-electron chi connectivity index (χ0n) is 9.88. The summed E-state index contributed by atoms with van der Waals surface area (Å²) in [7, 11) is 0. The third-order valence-electron chi connectivity index (χ3n) is 1.72. The van der Waals surface area contributed by atoms with Crippen LogP contribution in [0.15, 0.2) is 24.3 Å². The Bertz CT molecular complexity index is 382. The van der Waals surface area contributed by atoms with Crippen molar-refractivity contribution in [2.24, 2.45) is 11.7 Å². The molecule has 0 radical (unpaired) electrons. The maximum Gasteiger partial charge on any atom is 0.283 e. The molecule has 0 amide bonds. The van der Waals surface area contributed by atoms with Crippen molar-refractivity contribution >= 4 is 17.2 Å². The van der Waals surface area contributed by atoms with Gasteiger partial charge >= 0.3 is 0 Å². The number of hydrogen-bond acceptors (Lipinski definition) is 4. The van der Waals surface area contributed by atoms with Crippen LogP contribution in [-0.2, 0) is 0 Å². The number of benzene rings is 1. The summed E-state index contributed by atoms with van der Waals surface area (Å²) in [6.45, 7) is 4.96. The Labute approximate surface area is 107 Å². The SMILES string of the molecule is CC(C)COc1ccc(C(N)=S)cc1.N#CO. The van der Waals surface area contributed by atoms with Crippen molar-refractivity contribution in [2.45, 2.75) is 13.8 Å². The number of nitrogens with two attached hydrogens (primary N) is 1. The Morgan fingerprint density at radius 2 is 1.94 bits per heavy atom. The Balaban J connectivity index is 0.000000770. The molecule has 1 aromatic carbocycles. The molecule has 1 rings (SSSR count). The van der Waals surface area contributed by atoms with Gasteiger partial charge in [0.1, 0.15) is 10.7 Å². The van der Waals surface area contributed by atoms with Crippen molar-refractivity contribution in [2.75, 3.05) is 6.61 Å². The van der Waals surface area contributed by atoms with Gasteiger partial charge < -0.3 is 15.6 Å². The number of nitriles is 1. The van der Waals surface area contributed by atoms with Gasteiger partial charge in [0, 0.05) is 5.56 Å². The molecule has 92 valence electrons. The average Bonchev–Trinajstić information content (AvgIpc) is 2.28. The van der Waals surface area contributed by atoms with E-state index in [0.717, 1.165) is 24.2 Å². The van der Waals surface area contributed by atoms with E-state index in [1.165, 1.54) is 0 Å². The number of ether oxygens (including phenoxy) is 1.